The van der Waals surface area contributed by atoms with Crippen molar-refractivity contribution in [1.29, 1.82) is 0 Å². The van der Waals surface area contributed by atoms with E-state index in [9.17, 15) is 4.79 Å². The summed E-state index contributed by atoms with van der Waals surface area (Å²) < 4.78 is 0. The molecular formula is C19H19N3O. The summed E-state index contributed by atoms with van der Waals surface area (Å²) in [5.74, 6) is 0. The van der Waals surface area contributed by atoms with E-state index in [0.717, 1.165) is 54.0 Å². The van der Waals surface area contributed by atoms with Crippen LogP contribution in [0.15, 0.2) is 59.4 Å². The van der Waals surface area contributed by atoms with Crippen molar-refractivity contribution in [3.05, 3.63) is 64.8 Å². The molecule has 3 aromatic rings. The predicted octanol–water partition coefficient (Wildman–Crippen LogP) is 2.60. The standard InChI is InChI=1S/C19H19N3O/c23-19-13-18(14-4-2-1-3-5-14)21-17-7-6-15(12-16(17)19)22-10-8-20-9-11-22/h1-7,12-13,20H,8-11H2,(H,21,23). The van der Waals surface area contributed by atoms with Crippen LogP contribution in [-0.4, -0.2) is 31.2 Å². The lowest BCUT2D eigenvalue weighted by Gasteiger charge is -2.29. The number of aromatic amines is 1. The number of benzene rings is 2. The van der Waals surface area contributed by atoms with Crippen molar-refractivity contribution in [2.75, 3.05) is 31.1 Å². The molecule has 0 unspecified atom stereocenters. The number of H-pyrrole nitrogens is 1. The van der Waals surface area contributed by atoms with Crippen LogP contribution < -0.4 is 15.6 Å². The number of nitrogens with one attached hydrogen (secondary N) is 2. The number of piperazine rings is 1. The number of hydrogen-bond acceptors (Lipinski definition) is 3. The fraction of sp³-hybridized carbons (Fsp3) is 0.211. The van der Waals surface area contributed by atoms with E-state index in [1.165, 1.54) is 0 Å². The Balaban J connectivity index is 1.78. The normalized spacial score (nSPS) is 15.0. The van der Waals surface area contributed by atoms with Crippen molar-refractivity contribution in [3.63, 3.8) is 0 Å². The van der Waals surface area contributed by atoms with Gasteiger partial charge in [-0.05, 0) is 23.8 Å². The lowest BCUT2D eigenvalue weighted by atomic mass is 10.1. The Morgan fingerprint density at radius 2 is 1.70 bits per heavy atom. The first-order chi connectivity index (χ1) is 11.3. The van der Waals surface area contributed by atoms with Crippen molar-refractivity contribution in [3.8, 4) is 11.3 Å². The van der Waals surface area contributed by atoms with E-state index >= 15 is 0 Å². The fourth-order valence-corrected chi connectivity index (χ4v) is 3.13. The molecule has 0 bridgehead atoms. The number of fused-ring (bicyclic) bond motifs is 1. The summed E-state index contributed by atoms with van der Waals surface area (Å²) in [5, 5.41) is 4.10. The third kappa shape index (κ3) is 2.73. The van der Waals surface area contributed by atoms with Gasteiger partial charge in [-0.3, -0.25) is 4.79 Å². The number of aromatic nitrogens is 1. The van der Waals surface area contributed by atoms with Gasteiger partial charge in [0.2, 0.25) is 0 Å². The number of nitrogens with zero attached hydrogens (tertiary/aromatic N) is 1. The van der Waals surface area contributed by atoms with Crippen LogP contribution in [0.1, 0.15) is 0 Å². The Hall–Kier alpha value is -2.59. The van der Waals surface area contributed by atoms with E-state index in [0.29, 0.717) is 0 Å². The molecule has 0 spiro atoms. The molecule has 1 aliphatic rings. The first-order valence-electron chi connectivity index (χ1n) is 7.99. The van der Waals surface area contributed by atoms with Gasteiger partial charge in [-0.15, -0.1) is 0 Å². The molecule has 2 heterocycles. The molecule has 0 saturated carbocycles. The largest absolute Gasteiger partial charge is 0.369 e. The molecule has 0 atom stereocenters. The molecule has 23 heavy (non-hydrogen) atoms. The second kappa shape index (κ2) is 5.89. The average molecular weight is 305 g/mol. The third-order valence-corrected chi connectivity index (χ3v) is 4.38. The number of hydrogen-bond donors (Lipinski definition) is 2. The second-order valence-electron chi connectivity index (χ2n) is 5.88. The van der Waals surface area contributed by atoms with Crippen LogP contribution in [0.4, 0.5) is 5.69 Å². The molecule has 1 saturated heterocycles. The maximum atomic E-state index is 12.6. The smallest absolute Gasteiger partial charge is 0.190 e. The Labute approximate surface area is 134 Å². The number of rotatable bonds is 2. The highest BCUT2D eigenvalue weighted by molar-refractivity contribution is 5.84. The zero-order chi connectivity index (χ0) is 15.6. The van der Waals surface area contributed by atoms with Crippen LogP contribution >= 0.6 is 0 Å². The van der Waals surface area contributed by atoms with Gasteiger partial charge in [-0.2, -0.15) is 0 Å². The first-order valence-corrected chi connectivity index (χ1v) is 7.99. The zero-order valence-corrected chi connectivity index (χ0v) is 12.9. The minimum Gasteiger partial charge on any atom is -0.369 e. The van der Waals surface area contributed by atoms with E-state index < -0.39 is 0 Å². The molecular weight excluding hydrogens is 286 g/mol. The molecule has 0 aliphatic carbocycles. The van der Waals surface area contributed by atoms with Gasteiger partial charge in [0.25, 0.3) is 0 Å². The Morgan fingerprint density at radius 3 is 2.48 bits per heavy atom. The molecule has 2 aromatic carbocycles. The summed E-state index contributed by atoms with van der Waals surface area (Å²) in [5.41, 5.74) is 3.96. The van der Waals surface area contributed by atoms with Gasteiger partial charge in [0.1, 0.15) is 0 Å². The van der Waals surface area contributed by atoms with Crippen LogP contribution in [0.3, 0.4) is 0 Å². The molecule has 4 nitrogen and oxygen atoms in total. The Morgan fingerprint density at radius 1 is 0.913 bits per heavy atom. The minimum atomic E-state index is 0.0644. The Kier molecular flexibility index (Phi) is 3.60. The van der Waals surface area contributed by atoms with Gasteiger partial charge in [-0.25, -0.2) is 0 Å². The topological polar surface area (TPSA) is 48.1 Å². The summed E-state index contributed by atoms with van der Waals surface area (Å²) >= 11 is 0. The van der Waals surface area contributed by atoms with Gasteiger partial charge in [0.15, 0.2) is 5.43 Å². The number of anilines is 1. The highest BCUT2D eigenvalue weighted by Gasteiger charge is 2.12. The predicted molar refractivity (Wildman–Crippen MR) is 95.1 cm³/mol. The van der Waals surface area contributed by atoms with Crippen LogP contribution in [0.2, 0.25) is 0 Å². The monoisotopic (exact) mass is 305 g/mol. The Bertz CT molecular complexity index is 880. The highest BCUT2D eigenvalue weighted by atomic mass is 16.1. The number of pyridine rings is 1. The van der Waals surface area contributed by atoms with Crippen molar-refractivity contribution < 1.29 is 0 Å². The fourth-order valence-electron chi connectivity index (χ4n) is 3.13. The molecule has 0 radical (unpaired) electrons. The lowest BCUT2D eigenvalue weighted by molar-refractivity contribution is 0.589. The molecule has 116 valence electrons. The van der Waals surface area contributed by atoms with Crippen molar-refractivity contribution in [1.82, 2.24) is 10.3 Å². The summed E-state index contributed by atoms with van der Waals surface area (Å²) in [6.45, 7) is 3.93. The summed E-state index contributed by atoms with van der Waals surface area (Å²) in [4.78, 5) is 18.3. The molecule has 2 N–H and O–H groups in total. The van der Waals surface area contributed by atoms with Gasteiger partial charge >= 0.3 is 0 Å². The van der Waals surface area contributed by atoms with Crippen molar-refractivity contribution in [2.24, 2.45) is 0 Å². The quantitative estimate of drug-likeness (QED) is 0.765. The van der Waals surface area contributed by atoms with Crippen molar-refractivity contribution >= 4 is 16.6 Å². The van der Waals surface area contributed by atoms with E-state index in [2.05, 4.69) is 21.3 Å². The van der Waals surface area contributed by atoms with Crippen LogP contribution in [0.5, 0.6) is 0 Å². The highest BCUT2D eigenvalue weighted by Crippen LogP contribution is 2.22. The molecule has 1 aliphatic heterocycles. The third-order valence-electron chi connectivity index (χ3n) is 4.38. The molecule has 0 amide bonds. The zero-order valence-electron chi connectivity index (χ0n) is 12.9. The average Bonchev–Trinajstić information content (AvgIpc) is 2.63. The molecule has 1 aromatic heterocycles. The van der Waals surface area contributed by atoms with Crippen molar-refractivity contribution in [2.45, 2.75) is 0 Å². The van der Waals surface area contributed by atoms with Gasteiger partial charge in [0, 0.05) is 54.5 Å². The SMILES string of the molecule is O=c1cc(-c2ccccc2)[nH]c2ccc(N3CCNCC3)cc12. The second-order valence-corrected chi connectivity index (χ2v) is 5.88. The van der Waals surface area contributed by atoms with Crippen LogP contribution in [0, 0.1) is 0 Å². The maximum absolute atomic E-state index is 12.6. The van der Waals surface area contributed by atoms with Gasteiger partial charge < -0.3 is 15.2 Å². The molecule has 4 heteroatoms. The molecule has 1 fully saturated rings. The van der Waals surface area contributed by atoms with E-state index in [1.807, 2.05) is 42.5 Å². The molecule has 4 rings (SSSR count). The van der Waals surface area contributed by atoms with E-state index in [1.54, 1.807) is 6.07 Å². The van der Waals surface area contributed by atoms with Crippen LogP contribution in [0.25, 0.3) is 22.2 Å². The first kappa shape index (κ1) is 14.0. The summed E-state index contributed by atoms with van der Waals surface area (Å²) in [7, 11) is 0. The maximum Gasteiger partial charge on any atom is 0.190 e. The minimum absolute atomic E-state index is 0.0644. The van der Waals surface area contributed by atoms with Gasteiger partial charge in [-0.1, -0.05) is 30.3 Å². The van der Waals surface area contributed by atoms with Crippen LogP contribution in [-0.2, 0) is 0 Å². The van der Waals surface area contributed by atoms with Gasteiger partial charge in [0.05, 0.1) is 0 Å². The summed E-state index contributed by atoms with van der Waals surface area (Å²) in [6.07, 6.45) is 0. The summed E-state index contributed by atoms with van der Waals surface area (Å²) in [6, 6.07) is 17.8. The lowest BCUT2D eigenvalue weighted by Crippen LogP contribution is -2.43. The van der Waals surface area contributed by atoms with E-state index in [4.69, 9.17) is 0 Å². The van der Waals surface area contributed by atoms with E-state index in [-0.39, 0.29) is 5.43 Å².